The topological polar surface area (TPSA) is 39.7 Å². The molecule has 0 aromatic heterocycles. The van der Waals surface area contributed by atoms with Crippen molar-refractivity contribution in [3.05, 3.63) is 57.8 Å². The van der Waals surface area contributed by atoms with Crippen LogP contribution in [-0.2, 0) is 16.1 Å². The van der Waals surface area contributed by atoms with Crippen molar-refractivity contribution in [2.24, 2.45) is 0 Å². The van der Waals surface area contributed by atoms with Crippen LogP contribution < -0.4 is 10.1 Å². The third-order valence-corrected chi connectivity index (χ3v) is 5.38. The van der Waals surface area contributed by atoms with Gasteiger partial charge in [-0.2, -0.15) is 0 Å². The summed E-state index contributed by atoms with van der Waals surface area (Å²) in [6, 6.07) is 11.0. The molecule has 0 saturated carbocycles. The molecule has 0 fully saturated rings. The van der Waals surface area contributed by atoms with Crippen molar-refractivity contribution in [1.82, 2.24) is 0 Å². The average molecular weight is 466 g/mol. The number of ether oxygens (including phenoxy) is 3. The molecule has 1 heterocycles. The van der Waals surface area contributed by atoms with Crippen molar-refractivity contribution in [3.63, 3.8) is 0 Å². The van der Waals surface area contributed by atoms with E-state index in [1.54, 1.807) is 6.07 Å². The van der Waals surface area contributed by atoms with Gasteiger partial charge in [0.05, 0.1) is 12.7 Å². The number of hydrogen-bond acceptors (Lipinski definition) is 4. The molecular weight excluding hydrogens is 437 g/mol. The molecule has 6 heteroatoms. The second-order valence-electron chi connectivity index (χ2n) is 8.06. The summed E-state index contributed by atoms with van der Waals surface area (Å²) >= 11 is 3.29. The van der Waals surface area contributed by atoms with Crippen molar-refractivity contribution < 1.29 is 18.6 Å². The average Bonchev–Trinajstić information content (AvgIpc) is 2.62. The summed E-state index contributed by atoms with van der Waals surface area (Å²) in [5.41, 5.74) is 1.81. The number of halogens is 2. The van der Waals surface area contributed by atoms with Crippen LogP contribution in [0.1, 0.15) is 51.8 Å². The van der Waals surface area contributed by atoms with E-state index in [9.17, 15) is 4.39 Å². The van der Waals surface area contributed by atoms with E-state index < -0.39 is 11.7 Å². The van der Waals surface area contributed by atoms with E-state index in [-0.39, 0.29) is 24.6 Å². The summed E-state index contributed by atoms with van der Waals surface area (Å²) in [4.78, 5) is 0. The SMILES string of the molecule is CCNc1ccc2c(c1)C(OC(C)C)C(OCc1ccc(Br)cc1F)C(C)(C)O2. The Morgan fingerprint density at radius 1 is 1.21 bits per heavy atom. The zero-order valence-electron chi connectivity index (χ0n) is 17.6. The lowest BCUT2D eigenvalue weighted by atomic mass is 9.87. The molecule has 0 amide bonds. The van der Waals surface area contributed by atoms with Crippen LogP contribution in [-0.4, -0.2) is 24.4 Å². The molecular formula is C23H29BrFNO3. The smallest absolute Gasteiger partial charge is 0.132 e. The maximum atomic E-state index is 14.3. The normalized spacial score (nSPS) is 20.3. The Morgan fingerprint density at radius 2 is 1.97 bits per heavy atom. The van der Waals surface area contributed by atoms with E-state index in [0.717, 1.165) is 23.5 Å². The molecule has 1 N–H and O–H groups in total. The lowest BCUT2D eigenvalue weighted by molar-refractivity contribution is -0.177. The van der Waals surface area contributed by atoms with Gasteiger partial charge in [-0.25, -0.2) is 4.39 Å². The molecule has 158 valence electrons. The summed E-state index contributed by atoms with van der Waals surface area (Å²) in [7, 11) is 0. The van der Waals surface area contributed by atoms with Crippen LogP contribution in [0, 0.1) is 5.82 Å². The van der Waals surface area contributed by atoms with E-state index in [0.29, 0.717) is 10.0 Å². The number of nitrogens with one attached hydrogen (secondary N) is 1. The minimum Gasteiger partial charge on any atom is -0.485 e. The van der Waals surface area contributed by atoms with E-state index in [2.05, 4.69) is 34.2 Å². The van der Waals surface area contributed by atoms with Crippen molar-refractivity contribution >= 4 is 21.6 Å². The monoisotopic (exact) mass is 465 g/mol. The van der Waals surface area contributed by atoms with E-state index in [4.69, 9.17) is 14.2 Å². The van der Waals surface area contributed by atoms with Crippen LogP contribution in [0.2, 0.25) is 0 Å². The van der Waals surface area contributed by atoms with Crippen LogP contribution in [0.5, 0.6) is 5.75 Å². The highest BCUT2D eigenvalue weighted by Crippen LogP contribution is 2.45. The van der Waals surface area contributed by atoms with Gasteiger partial charge in [-0.15, -0.1) is 0 Å². The quantitative estimate of drug-likeness (QED) is 0.524. The Bertz CT molecular complexity index is 856. The van der Waals surface area contributed by atoms with Gasteiger partial charge in [0.2, 0.25) is 0 Å². The molecule has 0 radical (unpaired) electrons. The first kappa shape index (κ1) is 22.1. The largest absolute Gasteiger partial charge is 0.485 e. The Morgan fingerprint density at radius 3 is 2.62 bits per heavy atom. The Labute approximate surface area is 180 Å². The molecule has 2 atom stereocenters. The molecule has 2 aromatic rings. The van der Waals surface area contributed by atoms with Gasteiger partial charge in [0, 0.05) is 27.8 Å². The van der Waals surface area contributed by atoms with Crippen LogP contribution >= 0.6 is 15.9 Å². The standard InChI is InChI=1S/C23H29BrFNO3/c1-6-26-17-9-10-20-18(12-17)21(28-14(2)3)22(23(4,5)29-20)27-13-15-7-8-16(24)11-19(15)25/h7-12,14,21-22,26H,6,13H2,1-5H3. The van der Waals surface area contributed by atoms with Gasteiger partial charge >= 0.3 is 0 Å². The predicted octanol–water partition coefficient (Wildman–Crippen LogP) is 6.24. The van der Waals surface area contributed by atoms with Gasteiger partial charge in [0.25, 0.3) is 0 Å². The van der Waals surface area contributed by atoms with Gasteiger partial charge in [0.1, 0.15) is 29.4 Å². The first-order valence-corrected chi connectivity index (χ1v) is 10.8. The zero-order valence-corrected chi connectivity index (χ0v) is 19.2. The first-order chi connectivity index (χ1) is 13.7. The molecule has 1 aliphatic heterocycles. The number of benzene rings is 2. The van der Waals surface area contributed by atoms with Crippen LogP contribution in [0.3, 0.4) is 0 Å². The maximum Gasteiger partial charge on any atom is 0.132 e. The van der Waals surface area contributed by atoms with Crippen LogP contribution in [0.25, 0.3) is 0 Å². The summed E-state index contributed by atoms with van der Waals surface area (Å²) < 4.78 is 33.8. The summed E-state index contributed by atoms with van der Waals surface area (Å²) in [5.74, 6) is 0.488. The predicted molar refractivity (Wildman–Crippen MR) is 117 cm³/mol. The lowest BCUT2D eigenvalue weighted by Gasteiger charge is -2.45. The zero-order chi connectivity index (χ0) is 21.2. The Balaban J connectivity index is 1.93. The number of hydrogen-bond donors (Lipinski definition) is 1. The minimum absolute atomic E-state index is 0.0000530. The Hall–Kier alpha value is -1.63. The minimum atomic E-state index is -0.641. The molecule has 29 heavy (non-hydrogen) atoms. The highest BCUT2D eigenvalue weighted by atomic mass is 79.9. The summed E-state index contributed by atoms with van der Waals surface area (Å²) in [5, 5.41) is 3.33. The molecule has 2 unspecified atom stereocenters. The van der Waals surface area contributed by atoms with E-state index >= 15 is 0 Å². The Kier molecular flexibility index (Phi) is 6.87. The molecule has 0 saturated heterocycles. The van der Waals surface area contributed by atoms with Crippen molar-refractivity contribution in [2.45, 2.75) is 65.1 Å². The summed E-state index contributed by atoms with van der Waals surface area (Å²) in [6.45, 7) is 11.0. The number of rotatable bonds is 7. The molecule has 0 spiro atoms. The van der Waals surface area contributed by atoms with Gasteiger partial charge in [-0.3, -0.25) is 0 Å². The third kappa shape index (κ3) is 5.11. The second kappa shape index (κ2) is 9.02. The molecule has 3 rings (SSSR count). The van der Waals surface area contributed by atoms with Crippen LogP contribution in [0.4, 0.5) is 10.1 Å². The molecule has 1 aliphatic rings. The first-order valence-electron chi connectivity index (χ1n) is 9.99. The fraction of sp³-hybridized carbons (Fsp3) is 0.478. The fourth-order valence-electron chi connectivity index (χ4n) is 3.59. The third-order valence-electron chi connectivity index (χ3n) is 4.88. The highest BCUT2D eigenvalue weighted by molar-refractivity contribution is 9.10. The van der Waals surface area contributed by atoms with E-state index in [1.807, 2.05) is 45.9 Å². The van der Waals surface area contributed by atoms with Gasteiger partial charge in [0.15, 0.2) is 0 Å². The fourth-order valence-corrected chi connectivity index (χ4v) is 3.92. The summed E-state index contributed by atoms with van der Waals surface area (Å²) in [6.07, 6.45) is -0.733. The number of anilines is 1. The van der Waals surface area contributed by atoms with Crippen molar-refractivity contribution in [2.75, 3.05) is 11.9 Å². The molecule has 4 nitrogen and oxygen atoms in total. The number of fused-ring (bicyclic) bond motifs is 1. The second-order valence-corrected chi connectivity index (χ2v) is 8.98. The van der Waals surface area contributed by atoms with Gasteiger partial charge < -0.3 is 19.5 Å². The van der Waals surface area contributed by atoms with Crippen LogP contribution in [0.15, 0.2) is 40.9 Å². The highest BCUT2D eigenvalue weighted by Gasteiger charge is 2.46. The molecule has 0 bridgehead atoms. The maximum absolute atomic E-state index is 14.3. The van der Waals surface area contributed by atoms with E-state index in [1.165, 1.54) is 6.07 Å². The molecule has 2 aromatic carbocycles. The lowest BCUT2D eigenvalue weighted by Crippen LogP contribution is -2.51. The molecule has 0 aliphatic carbocycles. The van der Waals surface area contributed by atoms with Gasteiger partial charge in [-0.1, -0.05) is 22.0 Å². The van der Waals surface area contributed by atoms with Crippen molar-refractivity contribution in [3.8, 4) is 5.75 Å². The van der Waals surface area contributed by atoms with Gasteiger partial charge in [-0.05, 0) is 65.0 Å². The van der Waals surface area contributed by atoms with Crippen molar-refractivity contribution in [1.29, 1.82) is 0 Å².